The summed E-state index contributed by atoms with van der Waals surface area (Å²) in [5.41, 5.74) is 0. The first kappa shape index (κ1) is 44.6. The van der Waals surface area contributed by atoms with Crippen LogP contribution in [0.2, 0.25) is 0 Å². The predicted octanol–water partition coefficient (Wildman–Crippen LogP) is 12.4. The summed E-state index contributed by atoms with van der Waals surface area (Å²) in [6.07, 6.45) is 54.8. The number of aliphatic hydroxyl groups is 1. The van der Waals surface area contributed by atoms with Crippen molar-refractivity contribution in [2.45, 2.75) is 161 Å². The lowest BCUT2D eigenvalue weighted by Crippen LogP contribution is -2.27. The van der Waals surface area contributed by atoms with Crippen LogP contribution < -0.4 is 0 Å². The Morgan fingerprint density at radius 1 is 0.532 bits per heavy atom. The Hall–Kier alpha value is -2.43. The summed E-state index contributed by atoms with van der Waals surface area (Å²) in [6.45, 7) is 5.11. The van der Waals surface area contributed by atoms with Gasteiger partial charge in [-0.25, -0.2) is 0 Å². The Balaban J connectivity index is 3.59. The van der Waals surface area contributed by atoms with Crippen LogP contribution in [0.5, 0.6) is 0 Å². The molecule has 0 radical (unpaired) electrons. The summed E-state index contributed by atoms with van der Waals surface area (Å²) in [7, 11) is 0. The second kappa shape index (κ2) is 39.7. The van der Waals surface area contributed by atoms with Gasteiger partial charge in [0, 0.05) is 13.0 Å². The van der Waals surface area contributed by atoms with Gasteiger partial charge in [-0.2, -0.15) is 0 Å². The summed E-state index contributed by atoms with van der Waals surface area (Å²) in [5, 5.41) is 9.56. The molecule has 0 aliphatic heterocycles. The van der Waals surface area contributed by atoms with E-state index in [9.17, 15) is 9.90 Å². The van der Waals surface area contributed by atoms with Gasteiger partial charge in [0.25, 0.3) is 0 Å². The Morgan fingerprint density at radius 3 is 1.47 bits per heavy atom. The van der Waals surface area contributed by atoms with Gasteiger partial charge in [0.1, 0.15) is 6.10 Å². The average molecular weight is 653 g/mol. The third-order valence-corrected chi connectivity index (χ3v) is 7.70. The molecule has 4 heteroatoms. The minimum absolute atomic E-state index is 0.194. The molecular weight excluding hydrogens is 580 g/mol. The highest BCUT2D eigenvalue weighted by Gasteiger charge is 2.13. The van der Waals surface area contributed by atoms with Crippen LogP contribution >= 0.6 is 0 Å². The molecule has 0 aliphatic carbocycles. The number of esters is 1. The van der Waals surface area contributed by atoms with Crippen molar-refractivity contribution >= 4 is 5.97 Å². The maximum Gasteiger partial charge on any atom is 0.306 e. The Morgan fingerprint density at radius 2 is 0.957 bits per heavy atom. The van der Waals surface area contributed by atoms with E-state index in [4.69, 9.17) is 9.47 Å². The molecule has 1 N–H and O–H groups in total. The van der Waals surface area contributed by atoms with E-state index < -0.39 is 6.10 Å². The fourth-order valence-electron chi connectivity index (χ4n) is 4.85. The van der Waals surface area contributed by atoms with Gasteiger partial charge in [0.15, 0.2) is 0 Å². The summed E-state index contributed by atoms with van der Waals surface area (Å²) in [5.74, 6) is -0.227. The molecule has 268 valence electrons. The first-order valence-corrected chi connectivity index (χ1v) is 19.2. The summed E-state index contributed by atoms with van der Waals surface area (Å²) in [4.78, 5) is 12.1. The van der Waals surface area contributed by atoms with E-state index >= 15 is 0 Å². The number of aliphatic hydroxyl groups excluding tert-OH is 1. The molecule has 0 spiro atoms. The first-order valence-electron chi connectivity index (χ1n) is 19.2. The van der Waals surface area contributed by atoms with E-state index in [-0.39, 0.29) is 19.2 Å². The molecule has 0 heterocycles. The third kappa shape index (κ3) is 37.9. The number of ether oxygens (including phenoxy) is 2. The van der Waals surface area contributed by atoms with Crippen molar-refractivity contribution in [3.63, 3.8) is 0 Å². The molecule has 47 heavy (non-hydrogen) atoms. The standard InChI is InChI=1S/C43H72O4/c1-3-5-7-9-11-13-15-17-18-19-20-21-22-23-24-25-27-29-31-33-35-37-39-46-41-42(40-44)47-43(45)38-36-34-32-30-28-26-16-14-12-10-8-6-4-2/h5,7,11,13-14,16-18,20-21,23-24,27,29,42,44H,3-4,6,8-10,12,15,19,22,25-26,28,30-41H2,1-2H3/b7-5-,13-11-,16-14-,18-17-,21-20-,24-23-,29-27-. The van der Waals surface area contributed by atoms with Crippen LogP contribution in [0.3, 0.4) is 0 Å². The summed E-state index contributed by atoms with van der Waals surface area (Å²) >= 11 is 0. The zero-order chi connectivity index (χ0) is 34.1. The van der Waals surface area contributed by atoms with E-state index in [0.717, 1.165) is 89.9 Å². The van der Waals surface area contributed by atoms with Crippen LogP contribution in [0.4, 0.5) is 0 Å². The van der Waals surface area contributed by atoms with Crippen molar-refractivity contribution < 1.29 is 19.4 Å². The molecule has 0 saturated heterocycles. The second-order valence-electron chi connectivity index (χ2n) is 12.3. The minimum Gasteiger partial charge on any atom is -0.457 e. The van der Waals surface area contributed by atoms with Crippen molar-refractivity contribution in [1.29, 1.82) is 0 Å². The number of carbonyl (C=O) groups excluding carboxylic acids is 1. The Kier molecular flexibility index (Phi) is 37.7. The SMILES string of the molecule is CC/C=C\C/C=C\C/C=C\C/C=C\C/C=C\C/C=C\CCCCCOCC(CO)OC(=O)CCCCCCC/C=C\CCCCCC. The quantitative estimate of drug-likeness (QED) is 0.0427. The van der Waals surface area contributed by atoms with Crippen molar-refractivity contribution in [3.05, 3.63) is 85.1 Å². The van der Waals surface area contributed by atoms with Crippen molar-refractivity contribution in [1.82, 2.24) is 0 Å². The number of hydrogen-bond acceptors (Lipinski definition) is 4. The maximum absolute atomic E-state index is 12.1. The van der Waals surface area contributed by atoms with E-state index in [1.807, 2.05) is 0 Å². The molecular formula is C43H72O4. The smallest absolute Gasteiger partial charge is 0.306 e. The van der Waals surface area contributed by atoms with Gasteiger partial charge in [0.2, 0.25) is 0 Å². The van der Waals surface area contributed by atoms with E-state index in [0.29, 0.717) is 13.0 Å². The highest BCUT2D eigenvalue weighted by atomic mass is 16.6. The van der Waals surface area contributed by atoms with Crippen molar-refractivity contribution in [2.24, 2.45) is 0 Å². The number of hydrogen-bond donors (Lipinski definition) is 1. The Bertz CT molecular complexity index is 861. The highest BCUT2D eigenvalue weighted by molar-refractivity contribution is 5.69. The predicted molar refractivity (Wildman–Crippen MR) is 205 cm³/mol. The van der Waals surface area contributed by atoms with Gasteiger partial charge in [-0.3, -0.25) is 4.79 Å². The summed E-state index contributed by atoms with van der Waals surface area (Å²) in [6, 6.07) is 0. The van der Waals surface area contributed by atoms with E-state index in [1.165, 1.54) is 44.9 Å². The van der Waals surface area contributed by atoms with Crippen molar-refractivity contribution in [3.8, 4) is 0 Å². The normalized spacial score (nSPS) is 13.3. The van der Waals surface area contributed by atoms with Crippen LogP contribution in [0.1, 0.15) is 155 Å². The molecule has 0 aromatic heterocycles. The lowest BCUT2D eigenvalue weighted by Gasteiger charge is -2.15. The highest BCUT2D eigenvalue weighted by Crippen LogP contribution is 2.10. The molecule has 0 aromatic rings. The molecule has 0 rings (SSSR count). The molecule has 1 atom stereocenters. The van der Waals surface area contributed by atoms with E-state index in [2.05, 4.69) is 98.9 Å². The molecule has 0 aromatic carbocycles. The van der Waals surface area contributed by atoms with Crippen LogP contribution in [-0.2, 0) is 14.3 Å². The third-order valence-electron chi connectivity index (χ3n) is 7.70. The lowest BCUT2D eigenvalue weighted by atomic mass is 10.1. The number of allylic oxidation sites excluding steroid dienone is 14. The van der Waals surface area contributed by atoms with Gasteiger partial charge in [-0.1, -0.05) is 144 Å². The first-order chi connectivity index (χ1) is 23.2. The zero-order valence-corrected chi connectivity index (χ0v) is 30.5. The van der Waals surface area contributed by atoms with Crippen LogP contribution in [0, 0.1) is 0 Å². The molecule has 0 bridgehead atoms. The molecule has 1 unspecified atom stereocenters. The summed E-state index contributed by atoms with van der Waals surface area (Å²) < 4.78 is 11.1. The fourth-order valence-corrected chi connectivity index (χ4v) is 4.85. The molecule has 0 saturated carbocycles. The van der Waals surface area contributed by atoms with Gasteiger partial charge in [0.05, 0.1) is 13.2 Å². The average Bonchev–Trinajstić information content (AvgIpc) is 3.08. The fraction of sp³-hybridized carbons (Fsp3) is 0.651. The Labute approximate surface area is 290 Å². The van der Waals surface area contributed by atoms with Gasteiger partial charge in [-0.05, 0) is 89.9 Å². The van der Waals surface area contributed by atoms with Crippen molar-refractivity contribution in [2.75, 3.05) is 19.8 Å². The van der Waals surface area contributed by atoms with Crippen LogP contribution in [-0.4, -0.2) is 37.0 Å². The van der Waals surface area contributed by atoms with E-state index in [1.54, 1.807) is 0 Å². The number of carbonyl (C=O) groups is 1. The lowest BCUT2D eigenvalue weighted by molar-refractivity contribution is -0.154. The topological polar surface area (TPSA) is 55.8 Å². The van der Waals surface area contributed by atoms with Gasteiger partial charge >= 0.3 is 5.97 Å². The van der Waals surface area contributed by atoms with Crippen LogP contribution in [0.25, 0.3) is 0 Å². The molecule has 4 nitrogen and oxygen atoms in total. The molecule has 0 fully saturated rings. The molecule has 0 aliphatic rings. The number of unbranched alkanes of at least 4 members (excludes halogenated alkanes) is 12. The maximum atomic E-state index is 12.1. The largest absolute Gasteiger partial charge is 0.457 e. The second-order valence-corrected chi connectivity index (χ2v) is 12.3. The zero-order valence-electron chi connectivity index (χ0n) is 30.5. The monoisotopic (exact) mass is 653 g/mol. The van der Waals surface area contributed by atoms with Gasteiger partial charge < -0.3 is 14.6 Å². The van der Waals surface area contributed by atoms with Gasteiger partial charge in [-0.15, -0.1) is 0 Å². The van der Waals surface area contributed by atoms with Crippen LogP contribution in [0.15, 0.2) is 85.1 Å². The molecule has 0 amide bonds. The number of rotatable bonds is 34. The minimum atomic E-state index is -0.560.